The summed E-state index contributed by atoms with van der Waals surface area (Å²) in [5, 5.41) is 3.71. The Morgan fingerprint density at radius 2 is 1.83 bits per heavy atom. The number of nitrogens with zero attached hydrogens (tertiary/aromatic N) is 1. The standard InChI is InChI=1S/C40H44N2O4/c1-26-13-16-30-21-32-38-17-18-40(44-2,37-39(38,34(30)36(26)46-37)19-20-42(32)24-27-14-15-27)31(22-38)35(29-11-7-4-8-12-29)41-23-33(43)45-25-28-9-5-3-6-10-28/h3-13,16-18,27,31-32,35,37,41H,14-15,19-25H2,1-2H3/t31-,32-,35?,37-,38-,39+,40-/m1/s1. The van der Waals surface area contributed by atoms with Gasteiger partial charge in [-0.2, -0.15) is 0 Å². The lowest BCUT2D eigenvalue weighted by atomic mass is 9.36. The Bertz CT molecular complexity index is 1690. The third-order valence-corrected chi connectivity index (χ3v) is 12.6. The summed E-state index contributed by atoms with van der Waals surface area (Å²) in [6, 6.07) is 25.4. The van der Waals surface area contributed by atoms with Crippen LogP contribution in [0.3, 0.4) is 0 Å². The van der Waals surface area contributed by atoms with Crippen LogP contribution in [0.25, 0.3) is 0 Å². The zero-order valence-electron chi connectivity index (χ0n) is 26.9. The minimum absolute atomic E-state index is 0.0458. The monoisotopic (exact) mass is 616 g/mol. The lowest BCUT2D eigenvalue weighted by molar-refractivity contribution is -0.222. The van der Waals surface area contributed by atoms with Gasteiger partial charge in [-0.3, -0.25) is 15.0 Å². The zero-order valence-corrected chi connectivity index (χ0v) is 26.9. The number of benzene rings is 3. The Labute approximate surface area is 272 Å². The minimum Gasteiger partial charge on any atom is -0.485 e. The van der Waals surface area contributed by atoms with Crippen molar-refractivity contribution in [3.8, 4) is 5.75 Å². The second-order valence-corrected chi connectivity index (χ2v) is 14.8. The Morgan fingerprint density at radius 1 is 1.04 bits per heavy atom. The number of fused-ring (bicyclic) bond motifs is 1. The van der Waals surface area contributed by atoms with Gasteiger partial charge in [0.25, 0.3) is 0 Å². The maximum atomic E-state index is 13.2. The van der Waals surface area contributed by atoms with Crippen molar-refractivity contribution >= 4 is 5.97 Å². The van der Waals surface area contributed by atoms with Crippen molar-refractivity contribution < 1.29 is 19.0 Å². The molecule has 2 heterocycles. The van der Waals surface area contributed by atoms with E-state index in [0.717, 1.165) is 48.6 Å². The molecule has 4 bridgehead atoms. The van der Waals surface area contributed by atoms with E-state index in [1.54, 1.807) is 0 Å². The van der Waals surface area contributed by atoms with Crippen LogP contribution in [0.4, 0.5) is 0 Å². The number of carbonyl (C=O) groups is 1. The molecular weight excluding hydrogens is 572 g/mol. The molecule has 7 atom stereocenters. The quantitative estimate of drug-likeness (QED) is 0.221. The van der Waals surface area contributed by atoms with Crippen molar-refractivity contribution in [1.29, 1.82) is 0 Å². The fraction of sp³-hybridized carbons (Fsp3) is 0.475. The molecule has 6 heteroatoms. The summed E-state index contributed by atoms with van der Waals surface area (Å²) in [6.07, 6.45) is 10.7. The van der Waals surface area contributed by atoms with Crippen molar-refractivity contribution in [3.63, 3.8) is 0 Å². The molecule has 10 rings (SSSR count). The van der Waals surface area contributed by atoms with Gasteiger partial charge < -0.3 is 14.2 Å². The van der Waals surface area contributed by atoms with Gasteiger partial charge in [0.15, 0.2) is 0 Å². The highest BCUT2D eigenvalue weighted by Gasteiger charge is 2.79. The van der Waals surface area contributed by atoms with E-state index in [2.05, 4.69) is 71.8 Å². The van der Waals surface area contributed by atoms with Crippen LogP contribution in [-0.4, -0.2) is 55.4 Å². The van der Waals surface area contributed by atoms with Gasteiger partial charge >= 0.3 is 5.97 Å². The molecule has 6 nitrogen and oxygen atoms in total. The largest absolute Gasteiger partial charge is 0.485 e. The van der Waals surface area contributed by atoms with Gasteiger partial charge in [-0.15, -0.1) is 0 Å². The van der Waals surface area contributed by atoms with Crippen LogP contribution < -0.4 is 10.1 Å². The molecular formula is C40H44N2O4. The molecule has 3 aromatic rings. The Hall–Kier alpha value is -3.45. The van der Waals surface area contributed by atoms with Crippen molar-refractivity contribution in [2.24, 2.45) is 17.3 Å². The van der Waals surface area contributed by atoms with Crippen LogP contribution >= 0.6 is 0 Å². The fourth-order valence-corrected chi connectivity index (χ4v) is 10.5. The number of hydrogen-bond acceptors (Lipinski definition) is 6. The number of ether oxygens (including phenoxy) is 3. The number of hydrogen-bond donors (Lipinski definition) is 1. The number of likely N-dealkylation sites (tertiary alicyclic amines) is 1. The van der Waals surface area contributed by atoms with Crippen LogP contribution in [0.2, 0.25) is 0 Å². The van der Waals surface area contributed by atoms with E-state index in [1.165, 1.54) is 36.1 Å². The molecule has 5 aliphatic carbocycles. The van der Waals surface area contributed by atoms with Gasteiger partial charge in [-0.1, -0.05) is 84.9 Å². The molecule has 2 saturated carbocycles. The topological polar surface area (TPSA) is 60.0 Å². The second kappa shape index (κ2) is 10.5. The number of aryl methyl sites for hydroxylation is 1. The highest BCUT2D eigenvalue weighted by molar-refractivity contribution is 5.71. The third-order valence-electron chi connectivity index (χ3n) is 12.6. The molecule has 0 aromatic heterocycles. The van der Waals surface area contributed by atoms with E-state index in [9.17, 15) is 4.79 Å². The maximum absolute atomic E-state index is 13.2. The zero-order chi connectivity index (χ0) is 31.1. The van der Waals surface area contributed by atoms with Crippen LogP contribution in [0.15, 0.2) is 84.9 Å². The van der Waals surface area contributed by atoms with Crippen molar-refractivity contribution in [2.45, 2.75) is 74.8 Å². The normalized spacial score (nSPS) is 33.7. The third kappa shape index (κ3) is 3.96. The van der Waals surface area contributed by atoms with E-state index >= 15 is 0 Å². The predicted octanol–water partition coefficient (Wildman–Crippen LogP) is 6.07. The first-order valence-electron chi connectivity index (χ1n) is 17.3. The minimum atomic E-state index is -0.660. The molecule has 1 saturated heterocycles. The molecule has 238 valence electrons. The molecule has 7 aliphatic rings. The van der Waals surface area contributed by atoms with Gasteiger partial charge in [0.1, 0.15) is 24.1 Å². The van der Waals surface area contributed by atoms with E-state index in [1.807, 2.05) is 37.4 Å². The molecule has 1 unspecified atom stereocenters. The molecule has 2 spiro atoms. The molecule has 0 amide bonds. The molecule has 3 aromatic carbocycles. The summed E-state index contributed by atoms with van der Waals surface area (Å²) in [4.78, 5) is 16.0. The summed E-state index contributed by atoms with van der Waals surface area (Å²) >= 11 is 0. The van der Waals surface area contributed by atoms with Gasteiger partial charge in [-0.05, 0) is 73.7 Å². The number of carbonyl (C=O) groups excluding carboxylic acids is 1. The Balaban J connectivity index is 1.12. The predicted molar refractivity (Wildman–Crippen MR) is 177 cm³/mol. The molecule has 1 N–H and O–H groups in total. The van der Waals surface area contributed by atoms with Crippen molar-refractivity contribution in [1.82, 2.24) is 10.2 Å². The number of piperidine rings is 1. The lowest BCUT2D eigenvalue weighted by Gasteiger charge is -2.72. The highest BCUT2D eigenvalue weighted by atomic mass is 16.6. The molecule has 3 fully saturated rings. The summed E-state index contributed by atoms with van der Waals surface area (Å²) in [5.41, 5.74) is 5.45. The van der Waals surface area contributed by atoms with E-state index in [4.69, 9.17) is 14.2 Å². The summed E-state index contributed by atoms with van der Waals surface area (Å²) in [5.74, 6) is 1.73. The summed E-state index contributed by atoms with van der Waals surface area (Å²) in [6.45, 7) is 4.90. The highest BCUT2D eigenvalue weighted by Crippen LogP contribution is 2.75. The average Bonchev–Trinajstić information content (AvgIpc) is 3.84. The van der Waals surface area contributed by atoms with E-state index in [0.29, 0.717) is 6.04 Å². The first-order chi connectivity index (χ1) is 22.5. The number of esters is 1. The smallest absolute Gasteiger partial charge is 0.320 e. The van der Waals surface area contributed by atoms with E-state index < -0.39 is 5.60 Å². The molecule has 2 aliphatic heterocycles. The number of nitrogens with one attached hydrogen (secondary N) is 1. The summed E-state index contributed by atoms with van der Waals surface area (Å²) < 4.78 is 19.8. The van der Waals surface area contributed by atoms with Gasteiger partial charge in [0.05, 0.1) is 12.0 Å². The second-order valence-electron chi connectivity index (χ2n) is 14.8. The van der Waals surface area contributed by atoms with Gasteiger partial charge in [0, 0.05) is 42.6 Å². The van der Waals surface area contributed by atoms with Crippen LogP contribution in [-0.2, 0) is 32.7 Å². The first-order valence-corrected chi connectivity index (χ1v) is 17.3. The van der Waals surface area contributed by atoms with Crippen LogP contribution in [0.1, 0.15) is 59.5 Å². The van der Waals surface area contributed by atoms with Crippen molar-refractivity contribution in [3.05, 3.63) is 113 Å². The van der Waals surface area contributed by atoms with Gasteiger partial charge in [0.2, 0.25) is 0 Å². The Kier molecular flexibility index (Phi) is 6.58. The van der Waals surface area contributed by atoms with Crippen molar-refractivity contribution in [2.75, 3.05) is 26.7 Å². The SMILES string of the molecule is CO[C@]12C=C[C@@]3(C[C@@H]1C(NCC(=O)OCc1ccccc1)c1ccccc1)[C@H]1Cc4ccc(C)c5c4[C@@]3(CCN1CC1CC1)[C@H]2O5. The Morgan fingerprint density at radius 3 is 2.59 bits per heavy atom. The average molecular weight is 617 g/mol. The lowest BCUT2D eigenvalue weighted by Crippen LogP contribution is -2.80. The fourth-order valence-electron chi connectivity index (χ4n) is 10.5. The number of methoxy groups -OCH3 is 1. The van der Waals surface area contributed by atoms with Crippen LogP contribution in [0.5, 0.6) is 5.75 Å². The van der Waals surface area contributed by atoms with Crippen LogP contribution in [0, 0.1) is 24.2 Å². The van der Waals surface area contributed by atoms with Gasteiger partial charge in [-0.25, -0.2) is 0 Å². The molecule has 46 heavy (non-hydrogen) atoms. The van der Waals surface area contributed by atoms with E-state index in [-0.39, 0.29) is 48.0 Å². The first kappa shape index (κ1) is 28.7. The number of rotatable bonds is 10. The summed E-state index contributed by atoms with van der Waals surface area (Å²) in [7, 11) is 1.87. The molecule has 0 radical (unpaired) electrons. The maximum Gasteiger partial charge on any atom is 0.320 e.